The molecule has 2 heterocycles. The number of pyridine rings is 1. The van der Waals surface area contributed by atoms with Gasteiger partial charge in [0.05, 0.1) is 11.4 Å². The van der Waals surface area contributed by atoms with Crippen molar-refractivity contribution in [2.75, 3.05) is 23.7 Å². The smallest absolute Gasteiger partial charge is 0.227 e. The summed E-state index contributed by atoms with van der Waals surface area (Å²) < 4.78 is 0. The lowest BCUT2D eigenvalue weighted by Gasteiger charge is -2.18. The predicted octanol–water partition coefficient (Wildman–Crippen LogP) is 1.98. The molecule has 1 saturated heterocycles. The average Bonchev–Trinajstić information content (AvgIpc) is 2.71. The van der Waals surface area contributed by atoms with Crippen LogP contribution < -0.4 is 10.6 Å². The highest BCUT2D eigenvalue weighted by Gasteiger charge is 2.31. The van der Waals surface area contributed by atoms with Crippen LogP contribution in [-0.2, 0) is 4.79 Å². The lowest BCUT2D eigenvalue weighted by molar-refractivity contribution is -0.117. The van der Waals surface area contributed by atoms with Crippen molar-refractivity contribution in [3.05, 3.63) is 27.9 Å². The lowest BCUT2D eigenvalue weighted by Crippen LogP contribution is -2.25. The van der Waals surface area contributed by atoms with E-state index < -0.39 is 0 Å². The molecule has 0 aromatic carbocycles. The van der Waals surface area contributed by atoms with Crippen LogP contribution in [-0.4, -0.2) is 24.0 Å². The number of carbonyl (C=O) groups excluding carboxylic acids is 1. The lowest BCUT2D eigenvalue weighted by atomic mass is 10.1. The first-order valence-corrected chi connectivity index (χ1v) is 5.72. The summed E-state index contributed by atoms with van der Waals surface area (Å²) in [7, 11) is 0. The highest BCUT2D eigenvalue weighted by Crippen LogP contribution is 2.32. The average molecular weight is 267 g/mol. The number of rotatable bonds is 3. The van der Waals surface area contributed by atoms with Crippen LogP contribution in [0, 0.1) is 5.92 Å². The Morgan fingerprint density at radius 1 is 1.72 bits per heavy atom. The number of amides is 1. The third kappa shape index (κ3) is 2.32. The van der Waals surface area contributed by atoms with E-state index in [2.05, 4.69) is 15.0 Å². The summed E-state index contributed by atoms with van der Waals surface area (Å²) in [5.74, 6) is -0.0400. The Balaban J connectivity index is 2.21. The van der Waals surface area contributed by atoms with Crippen LogP contribution in [0.25, 0.3) is 10.4 Å². The van der Waals surface area contributed by atoms with Crippen molar-refractivity contribution in [1.29, 1.82) is 0 Å². The van der Waals surface area contributed by atoms with Crippen LogP contribution >= 0.6 is 11.6 Å². The molecule has 1 atom stereocenters. The molecule has 1 aliphatic heterocycles. The third-order valence-electron chi connectivity index (χ3n) is 2.82. The van der Waals surface area contributed by atoms with Gasteiger partial charge in [0.2, 0.25) is 5.91 Å². The summed E-state index contributed by atoms with van der Waals surface area (Å²) in [6.07, 6.45) is 1.85. The monoisotopic (exact) mass is 266 g/mol. The van der Waals surface area contributed by atoms with Gasteiger partial charge < -0.3 is 10.6 Å². The van der Waals surface area contributed by atoms with Crippen molar-refractivity contribution in [2.45, 2.75) is 6.42 Å². The maximum Gasteiger partial charge on any atom is 0.227 e. The zero-order valence-corrected chi connectivity index (χ0v) is 10.2. The maximum atomic E-state index is 11.9. The number of nitrogens with two attached hydrogens (primary N) is 1. The van der Waals surface area contributed by atoms with Gasteiger partial charge in [-0.2, -0.15) is 0 Å². The predicted molar refractivity (Wildman–Crippen MR) is 68.1 cm³/mol. The molecule has 1 aromatic rings. The molecule has 0 radical (unpaired) electrons. The van der Waals surface area contributed by atoms with Gasteiger partial charge in [-0.25, -0.2) is 4.98 Å². The number of hydrogen-bond donors (Lipinski definition) is 1. The first-order chi connectivity index (χ1) is 8.63. The van der Waals surface area contributed by atoms with E-state index in [0.717, 1.165) is 0 Å². The normalized spacial score (nSPS) is 18.8. The van der Waals surface area contributed by atoms with Crippen LogP contribution in [0.15, 0.2) is 17.4 Å². The van der Waals surface area contributed by atoms with Crippen LogP contribution in [0.2, 0.25) is 5.15 Å². The second kappa shape index (κ2) is 5.12. The Bertz CT molecular complexity index is 527. The minimum Gasteiger partial charge on any atom is -0.395 e. The molecule has 18 heavy (non-hydrogen) atoms. The number of hydrogen-bond acceptors (Lipinski definition) is 4. The van der Waals surface area contributed by atoms with Gasteiger partial charge in [0.15, 0.2) is 5.15 Å². The molecule has 7 nitrogen and oxygen atoms in total. The van der Waals surface area contributed by atoms with Crippen molar-refractivity contribution in [3.63, 3.8) is 0 Å². The van der Waals surface area contributed by atoms with Crippen LogP contribution in [0.4, 0.5) is 11.4 Å². The third-order valence-corrected chi connectivity index (χ3v) is 3.12. The van der Waals surface area contributed by atoms with E-state index in [1.54, 1.807) is 11.0 Å². The molecule has 2 rings (SSSR count). The zero-order chi connectivity index (χ0) is 13.1. The van der Waals surface area contributed by atoms with Gasteiger partial charge in [-0.3, -0.25) is 4.79 Å². The topological polar surface area (TPSA) is 108 Å². The quantitative estimate of drug-likeness (QED) is 0.391. The SMILES string of the molecule is [N-]=[N+]=NCC1CC(=O)N(c2ccnc(Cl)c2N)C1. The minimum absolute atomic E-state index is 0.0136. The van der Waals surface area contributed by atoms with Crippen molar-refractivity contribution >= 4 is 28.9 Å². The Morgan fingerprint density at radius 3 is 3.22 bits per heavy atom. The summed E-state index contributed by atoms with van der Waals surface area (Å²) >= 11 is 5.82. The molecule has 1 aliphatic rings. The van der Waals surface area contributed by atoms with Gasteiger partial charge in [0.25, 0.3) is 0 Å². The van der Waals surface area contributed by atoms with E-state index in [4.69, 9.17) is 22.9 Å². The molecule has 1 aromatic heterocycles. The van der Waals surface area contributed by atoms with Gasteiger partial charge in [0.1, 0.15) is 0 Å². The number of halogens is 1. The Labute approximate surface area is 108 Å². The number of azide groups is 1. The molecule has 0 bridgehead atoms. The highest BCUT2D eigenvalue weighted by molar-refractivity contribution is 6.32. The van der Waals surface area contributed by atoms with E-state index in [0.29, 0.717) is 25.2 Å². The molecule has 1 fully saturated rings. The van der Waals surface area contributed by atoms with E-state index in [1.807, 2.05) is 0 Å². The first kappa shape index (κ1) is 12.5. The van der Waals surface area contributed by atoms with Crippen LogP contribution in [0.5, 0.6) is 0 Å². The fraction of sp³-hybridized carbons (Fsp3) is 0.400. The minimum atomic E-state index is -0.0536. The molecular weight excluding hydrogens is 256 g/mol. The van der Waals surface area contributed by atoms with E-state index in [9.17, 15) is 4.79 Å². The second-order valence-corrected chi connectivity index (χ2v) is 4.38. The summed E-state index contributed by atoms with van der Waals surface area (Å²) in [6, 6.07) is 1.65. The largest absolute Gasteiger partial charge is 0.395 e. The van der Waals surface area contributed by atoms with Crippen LogP contribution in [0.1, 0.15) is 6.42 Å². The molecule has 2 N–H and O–H groups in total. The first-order valence-electron chi connectivity index (χ1n) is 5.34. The summed E-state index contributed by atoms with van der Waals surface area (Å²) in [5, 5.41) is 3.67. The molecular formula is C10H11ClN6O. The number of nitrogen functional groups attached to an aromatic ring is 1. The summed E-state index contributed by atoms with van der Waals surface area (Å²) in [4.78, 5) is 20.0. The standard InChI is InChI=1S/C10H11ClN6O/c11-10-9(12)7(1-2-14-10)17-5-6(3-8(17)18)4-15-16-13/h1-2,6H,3-5,12H2. The molecule has 94 valence electrons. The molecule has 0 spiro atoms. The number of aromatic nitrogens is 1. The van der Waals surface area contributed by atoms with Gasteiger partial charge in [0, 0.05) is 30.6 Å². The van der Waals surface area contributed by atoms with Crippen molar-refractivity contribution in [3.8, 4) is 0 Å². The highest BCUT2D eigenvalue weighted by atomic mass is 35.5. The number of nitrogens with zero attached hydrogens (tertiary/aromatic N) is 5. The van der Waals surface area contributed by atoms with Gasteiger partial charge in [-0.05, 0) is 17.5 Å². The Kier molecular flexibility index (Phi) is 3.55. The van der Waals surface area contributed by atoms with Gasteiger partial charge in [-0.1, -0.05) is 16.7 Å². The summed E-state index contributed by atoms with van der Waals surface area (Å²) in [6.45, 7) is 0.778. The second-order valence-electron chi connectivity index (χ2n) is 4.02. The number of carbonyl (C=O) groups is 1. The Hall–Kier alpha value is -1.98. The molecule has 0 saturated carbocycles. The van der Waals surface area contributed by atoms with Crippen LogP contribution in [0.3, 0.4) is 0 Å². The van der Waals surface area contributed by atoms with Crippen molar-refractivity contribution < 1.29 is 4.79 Å². The molecule has 8 heteroatoms. The summed E-state index contributed by atoms with van der Waals surface area (Å²) in [5.41, 5.74) is 14.9. The maximum absolute atomic E-state index is 11.9. The van der Waals surface area contributed by atoms with E-state index in [-0.39, 0.29) is 22.7 Å². The molecule has 1 amide bonds. The molecule has 1 unspecified atom stereocenters. The van der Waals surface area contributed by atoms with E-state index in [1.165, 1.54) is 6.20 Å². The van der Waals surface area contributed by atoms with Crippen molar-refractivity contribution in [1.82, 2.24) is 4.98 Å². The van der Waals surface area contributed by atoms with Gasteiger partial charge >= 0.3 is 0 Å². The fourth-order valence-corrected chi connectivity index (χ4v) is 2.12. The zero-order valence-electron chi connectivity index (χ0n) is 9.45. The number of anilines is 2. The van der Waals surface area contributed by atoms with Gasteiger partial charge in [-0.15, -0.1) is 0 Å². The Morgan fingerprint density at radius 2 is 2.50 bits per heavy atom. The molecule has 0 aliphatic carbocycles. The van der Waals surface area contributed by atoms with E-state index >= 15 is 0 Å². The fourth-order valence-electron chi connectivity index (χ4n) is 1.96. The van der Waals surface area contributed by atoms with Crippen molar-refractivity contribution in [2.24, 2.45) is 11.0 Å².